The van der Waals surface area contributed by atoms with Crippen LogP contribution in [0.4, 0.5) is 5.82 Å². The third-order valence-corrected chi connectivity index (χ3v) is 2.95. The van der Waals surface area contributed by atoms with Gasteiger partial charge in [0.15, 0.2) is 5.82 Å². The number of nitrogens with two attached hydrogens (primary N) is 1. The molecule has 1 aliphatic carbocycles. The van der Waals surface area contributed by atoms with Crippen molar-refractivity contribution in [1.29, 1.82) is 0 Å². The minimum atomic E-state index is -0.101. The largest absolute Gasteiger partial charge is 0.327 e. The number of carbonyl (C=O) groups is 1. The summed E-state index contributed by atoms with van der Waals surface area (Å²) in [7, 11) is 0. The zero-order valence-corrected chi connectivity index (χ0v) is 10.3. The Labute approximate surface area is 102 Å². The topological polar surface area (TPSA) is 80.9 Å². The molecule has 1 atom stereocenters. The first-order chi connectivity index (χ1) is 7.65. The average molecular weight is 285 g/mol. The quantitative estimate of drug-likeness (QED) is 0.873. The molecule has 2 rings (SSSR count). The van der Waals surface area contributed by atoms with Gasteiger partial charge in [-0.1, -0.05) is 0 Å². The van der Waals surface area contributed by atoms with Crippen molar-refractivity contribution in [2.75, 3.05) is 5.32 Å². The van der Waals surface area contributed by atoms with Crippen molar-refractivity contribution in [1.82, 2.24) is 9.97 Å². The van der Waals surface area contributed by atoms with Crippen molar-refractivity contribution in [3.8, 4) is 0 Å². The Kier molecular flexibility index (Phi) is 3.50. The number of amides is 1. The molecule has 1 aromatic heterocycles. The molecule has 1 fully saturated rings. The Hall–Kier alpha value is -1.01. The summed E-state index contributed by atoms with van der Waals surface area (Å²) >= 11 is 3.17. The van der Waals surface area contributed by atoms with Crippen LogP contribution in [-0.2, 0) is 4.79 Å². The van der Waals surface area contributed by atoms with Crippen LogP contribution >= 0.6 is 15.9 Å². The Bertz CT molecular complexity index is 377. The molecule has 0 radical (unpaired) electrons. The van der Waals surface area contributed by atoms with E-state index < -0.39 is 0 Å². The fraction of sp³-hybridized carbons (Fsp3) is 0.500. The first-order valence-corrected chi connectivity index (χ1v) is 5.97. The van der Waals surface area contributed by atoms with E-state index in [2.05, 4.69) is 31.2 Å². The lowest BCUT2D eigenvalue weighted by atomic mass is 10.1. The Morgan fingerprint density at radius 1 is 1.56 bits per heavy atom. The van der Waals surface area contributed by atoms with Crippen molar-refractivity contribution >= 4 is 27.7 Å². The Morgan fingerprint density at radius 2 is 2.31 bits per heavy atom. The fourth-order valence-electron chi connectivity index (χ4n) is 1.48. The van der Waals surface area contributed by atoms with E-state index in [4.69, 9.17) is 5.73 Å². The van der Waals surface area contributed by atoms with Gasteiger partial charge < -0.3 is 11.1 Å². The SMILES string of the molecule is NC(CC(=O)Nc1cnc(Br)cn1)C1CC1. The highest BCUT2D eigenvalue weighted by molar-refractivity contribution is 9.10. The highest BCUT2D eigenvalue weighted by atomic mass is 79.9. The summed E-state index contributed by atoms with van der Waals surface area (Å²) in [6.45, 7) is 0. The van der Waals surface area contributed by atoms with Gasteiger partial charge in [-0.25, -0.2) is 9.97 Å². The second kappa shape index (κ2) is 4.88. The van der Waals surface area contributed by atoms with E-state index in [9.17, 15) is 4.79 Å². The highest BCUT2D eigenvalue weighted by Gasteiger charge is 2.29. The predicted molar refractivity (Wildman–Crippen MR) is 63.7 cm³/mol. The van der Waals surface area contributed by atoms with Gasteiger partial charge in [0, 0.05) is 12.5 Å². The van der Waals surface area contributed by atoms with Crippen molar-refractivity contribution in [3.63, 3.8) is 0 Å². The molecule has 86 valence electrons. The van der Waals surface area contributed by atoms with Crippen LogP contribution in [0.5, 0.6) is 0 Å². The van der Waals surface area contributed by atoms with Crippen molar-refractivity contribution in [2.45, 2.75) is 25.3 Å². The summed E-state index contributed by atoms with van der Waals surface area (Å²) in [5.74, 6) is 0.883. The summed E-state index contributed by atoms with van der Waals surface area (Å²) in [6, 6.07) is -0.0246. The molecule has 6 heteroatoms. The molecule has 1 aromatic rings. The maximum Gasteiger partial charge on any atom is 0.227 e. The zero-order valence-electron chi connectivity index (χ0n) is 8.69. The maximum atomic E-state index is 11.6. The molecule has 1 aliphatic rings. The lowest BCUT2D eigenvalue weighted by Crippen LogP contribution is -2.29. The van der Waals surface area contributed by atoms with E-state index in [1.54, 1.807) is 0 Å². The van der Waals surface area contributed by atoms with Crippen LogP contribution in [0, 0.1) is 5.92 Å². The van der Waals surface area contributed by atoms with E-state index in [1.807, 2.05) is 0 Å². The number of nitrogens with one attached hydrogen (secondary N) is 1. The summed E-state index contributed by atoms with van der Waals surface area (Å²) in [5.41, 5.74) is 5.85. The zero-order chi connectivity index (χ0) is 11.5. The second-order valence-electron chi connectivity index (χ2n) is 3.98. The minimum Gasteiger partial charge on any atom is -0.327 e. The summed E-state index contributed by atoms with van der Waals surface area (Å²) in [4.78, 5) is 19.5. The van der Waals surface area contributed by atoms with Gasteiger partial charge in [0.25, 0.3) is 0 Å². The van der Waals surface area contributed by atoms with Gasteiger partial charge in [0.1, 0.15) is 4.60 Å². The van der Waals surface area contributed by atoms with Crippen LogP contribution in [0.1, 0.15) is 19.3 Å². The standard InChI is InChI=1S/C10H13BrN4O/c11-8-4-14-9(5-13-8)15-10(16)3-7(12)6-1-2-6/h4-7H,1-3,12H2,(H,14,15,16). The summed E-state index contributed by atoms with van der Waals surface area (Å²) in [5, 5.41) is 2.67. The van der Waals surface area contributed by atoms with Crippen LogP contribution in [0.15, 0.2) is 17.0 Å². The number of aromatic nitrogens is 2. The molecular weight excluding hydrogens is 272 g/mol. The first kappa shape index (κ1) is 11.5. The van der Waals surface area contributed by atoms with Crippen molar-refractivity contribution < 1.29 is 4.79 Å². The molecule has 16 heavy (non-hydrogen) atoms. The number of hydrogen-bond acceptors (Lipinski definition) is 4. The van der Waals surface area contributed by atoms with Crippen LogP contribution < -0.4 is 11.1 Å². The normalized spacial score (nSPS) is 16.9. The molecule has 1 saturated carbocycles. The van der Waals surface area contributed by atoms with Crippen LogP contribution in [0.2, 0.25) is 0 Å². The maximum absolute atomic E-state index is 11.6. The van der Waals surface area contributed by atoms with Crippen molar-refractivity contribution in [3.05, 3.63) is 17.0 Å². The third-order valence-electron chi connectivity index (χ3n) is 2.54. The van der Waals surface area contributed by atoms with Gasteiger partial charge in [-0.3, -0.25) is 4.79 Å². The second-order valence-corrected chi connectivity index (χ2v) is 4.79. The van der Waals surface area contributed by atoms with E-state index in [1.165, 1.54) is 12.4 Å². The van der Waals surface area contributed by atoms with Crippen molar-refractivity contribution in [2.24, 2.45) is 11.7 Å². The van der Waals surface area contributed by atoms with Crippen LogP contribution in [0.25, 0.3) is 0 Å². The van der Waals surface area contributed by atoms with Gasteiger partial charge in [0.05, 0.1) is 12.4 Å². The van der Waals surface area contributed by atoms with E-state index in [-0.39, 0.29) is 11.9 Å². The third kappa shape index (κ3) is 3.24. The molecule has 1 unspecified atom stereocenters. The van der Waals surface area contributed by atoms with Crippen LogP contribution in [0.3, 0.4) is 0 Å². The number of carbonyl (C=O) groups excluding carboxylic acids is 1. The predicted octanol–water partition coefficient (Wildman–Crippen LogP) is 1.30. The lowest BCUT2D eigenvalue weighted by molar-refractivity contribution is -0.116. The van der Waals surface area contributed by atoms with Gasteiger partial charge in [-0.15, -0.1) is 0 Å². The molecule has 0 aliphatic heterocycles. The molecule has 0 bridgehead atoms. The van der Waals surface area contributed by atoms with Gasteiger partial charge in [-0.05, 0) is 34.7 Å². The van der Waals surface area contributed by atoms with E-state index in [0.717, 1.165) is 12.8 Å². The summed E-state index contributed by atoms with van der Waals surface area (Å²) in [6.07, 6.45) is 5.68. The fourth-order valence-corrected chi connectivity index (χ4v) is 1.68. The Balaban J connectivity index is 1.84. The Morgan fingerprint density at radius 3 is 2.88 bits per heavy atom. The number of hydrogen-bond donors (Lipinski definition) is 2. The van der Waals surface area contributed by atoms with Crippen LogP contribution in [-0.4, -0.2) is 21.9 Å². The highest BCUT2D eigenvalue weighted by Crippen LogP contribution is 2.32. The minimum absolute atomic E-state index is 0.0246. The van der Waals surface area contributed by atoms with Gasteiger partial charge in [-0.2, -0.15) is 0 Å². The monoisotopic (exact) mass is 284 g/mol. The molecule has 5 nitrogen and oxygen atoms in total. The molecule has 0 aromatic carbocycles. The van der Waals surface area contributed by atoms with Gasteiger partial charge in [0.2, 0.25) is 5.91 Å². The molecule has 1 amide bonds. The number of nitrogens with zero attached hydrogens (tertiary/aromatic N) is 2. The molecule has 0 spiro atoms. The van der Waals surface area contributed by atoms with Gasteiger partial charge >= 0.3 is 0 Å². The first-order valence-electron chi connectivity index (χ1n) is 5.18. The summed E-state index contributed by atoms with van der Waals surface area (Å²) < 4.78 is 0.639. The molecule has 3 N–H and O–H groups in total. The van der Waals surface area contributed by atoms with E-state index >= 15 is 0 Å². The smallest absolute Gasteiger partial charge is 0.227 e. The molecule has 1 heterocycles. The molecule has 0 saturated heterocycles. The number of rotatable bonds is 4. The average Bonchev–Trinajstić information content (AvgIpc) is 3.04. The van der Waals surface area contributed by atoms with E-state index in [0.29, 0.717) is 22.8 Å². The number of halogens is 1. The lowest BCUT2D eigenvalue weighted by Gasteiger charge is -2.09. The molecular formula is C10H13BrN4O. The number of anilines is 1.